The first-order valence-corrected chi connectivity index (χ1v) is 6.53. The Balaban J connectivity index is 2.37. The van der Waals surface area contributed by atoms with Crippen LogP contribution < -0.4 is 0 Å². The summed E-state index contributed by atoms with van der Waals surface area (Å²) < 4.78 is 0.857. The number of benzene rings is 1. The minimum Gasteiger partial charge on any atom is -0.292 e. The number of ketones is 1. The summed E-state index contributed by atoms with van der Waals surface area (Å²) in [5.41, 5.74) is 2.03. The predicted molar refractivity (Wildman–Crippen MR) is 75.8 cm³/mol. The van der Waals surface area contributed by atoms with Gasteiger partial charge in [0.1, 0.15) is 0 Å². The lowest BCUT2D eigenvalue weighted by molar-refractivity contribution is 0.0977. The van der Waals surface area contributed by atoms with Gasteiger partial charge in [-0.1, -0.05) is 34.1 Å². The summed E-state index contributed by atoms with van der Waals surface area (Å²) in [6.45, 7) is 1.94. The Morgan fingerprint density at radius 3 is 2.74 bits per heavy atom. The molecule has 0 aliphatic rings. The van der Waals surface area contributed by atoms with Crippen LogP contribution in [0.5, 0.6) is 0 Å². The molecule has 19 heavy (non-hydrogen) atoms. The van der Waals surface area contributed by atoms with Crippen molar-refractivity contribution in [3.63, 3.8) is 0 Å². The zero-order chi connectivity index (χ0) is 13.8. The maximum atomic E-state index is 12.4. The number of aryl methyl sites for hydroxylation is 1. The van der Waals surface area contributed by atoms with Crippen LogP contribution in [0, 0.1) is 18.3 Å². The van der Waals surface area contributed by atoms with Gasteiger partial charge in [-0.05, 0) is 30.7 Å². The predicted octanol–water partition coefficient (Wildman–Crippen LogP) is 3.64. The number of halogens is 1. The molecular weight excluding hydrogens is 304 g/mol. The highest BCUT2D eigenvalue weighted by molar-refractivity contribution is 9.10. The third-order valence-electron chi connectivity index (χ3n) is 2.83. The van der Waals surface area contributed by atoms with Crippen molar-refractivity contribution >= 4 is 21.7 Å². The molecule has 0 N–H and O–H groups in total. The highest BCUT2D eigenvalue weighted by Crippen LogP contribution is 2.23. The Hall–Kier alpha value is -1.99. The first kappa shape index (κ1) is 13.4. The average Bonchev–Trinajstić information content (AvgIpc) is 2.44. The zero-order valence-corrected chi connectivity index (χ0v) is 11.9. The van der Waals surface area contributed by atoms with E-state index in [1.54, 1.807) is 36.5 Å². The van der Waals surface area contributed by atoms with Crippen molar-refractivity contribution < 1.29 is 4.79 Å². The second kappa shape index (κ2) is 5.77. The molecule has 1 atom stereocenters. The summed E-state index contributed by atoms with van der Waals surface area (Å²) in [5.74, 6) is -1.10. The molecule has 0 bridgehead atoms. The van der Waals surface area contributed by atoms with E-state index < -0.39 is 5.92 Å². The van der Waals surface area contributed by atoms with E-state index in [0.717, 1.165) is 10.0 Å². The van der Waals surface area contributed by atoms with Crippen molar-refractivity contribution in [1.82, 2.24) is 4.98 Å². The quantitative estimate of drug-likeness (QED) is 0.813. The molecule has 3 nitrogen and oxygen atoms in total. The number of carbonyl (C=O) groups excluding carboxylic acids is 1. The Morgan fingerprint density at radius 2 is 2.16 bits per heavy atom. The molecular formula is C15H11BrN2O. The van der Waals surface area contributed by atoms with Crippen LogP contribution in [0.25, 0.3) is 0 Å². The molecule has 0 aliphatic heterocycles. The Morgan fingerprint density at radius 1 is 1.37 bits per heavy atom. The van der Waals surface area contributed by atoms with E-state index in [2.05, 4.69) is 20.9 Å². The standard InChI is InChI=1S/C15H11BrN2O/c1-10-5-6-11(8-13(10)16)15(19)12(9-17)14-4-2-3-7-18-14/h2-8,12H,1H3. The van der Waals surface area contributed by atoms with E-state index in [0.29, 0.717) is 11.3 Å². The van der Waals surface area contributed by atoms with Crippen LogP contribution in [0.4, 0.5) is 0 Å². The maximum absolute atomic E-state index is 12.4. The minimum absolute atomic E-state index is 0.234. The third-order valence-corrected chi connectivity index (χ3v) is 3.69. The highest BCUT2D eigenvalue weighted by atomic mass is 79.9. The van der Waals surface area contributed by atoms with Gasteiger partial charge in [-0.15, -0.1) is 0 Å². The van der Waals surface area contributed by atoms with Gasteiger partial charge in [0.25, 0.3) is 0 Å². The molecule has 0 spiro atoms. The number of nitriles is 1. The molecule has 0 fully saturated rings. The third kappa shape index (κ3) is 2.88. The lowest BCUT2D eigenvalue weighted by Crippen LogP contribution is -2.12. The molecule has 1 heterocycles. The van der Waals surface area contributed by atoms with Gasteiger partial charge in [0, 0.05) is 16.2 Å². The van der Waals surface area contributed by atoms with E-state index >= 15 is 0 Å². The lowest BCUT2D eigenvalue weighted by Gasteiger charge is -2.08. The van der Waals surface area contributed by atoms with Crippen LogP contribution in [-0.4, -0.2) is 10.8 Å². The van der Waals surface area contributed by atoms with Gasteiger partial charge in [0.2, 0.25) is 0 Å². The molecule has 2 aromatic rings. The van der Waals surface area contributed by atoms with Crippen LogP contribution in [0.2, 0.25) is 0 Å². The summed E-state index contributed by atoms with van der Waals surface area (Å²) in [6.07, 6.45) is 1.58. The summed E-state index contributed by atoms with van der Waals surface area (Å²) in [5, 5.41) is 9.21. The van der Waals surface area contributed by atoms with Crippen LogP contribution in [-0.2, 0) is 0 Å². The van der Waals surface area contributed by atoms with Crippen LogP contribution >= 0.6 is 15.9 Å². The second-order valence-corrected chi connectivity index (χ2v) is 5.00. The van der Waals surface area contributed by atoms with Gasteiger partial charge in [-0.2, -0.15) is 5.26 Å². The molecule has 0 aliphatic carbocycles. The molecule has 0 saturated carbocycles. The topological polar surface area (TPSA) is 53.8 Å². The van der Waals surface area contributed by atoms with Gasteiger partial charge in [-0.3, -0.25) is 9.78 Å². The van der Waals surface area contributed by atoms with Crippen LogP contribution in [0.15, 0.2) is 47.1 Å². The highest BCUT2D eigenvalue weighted by Gasteiger charge is 2.23. The van der Waals surface area contributed by atoms with Gasteiger partial charge in [0.15, 0.2) is 11.7 Å². The second-order valence-electron chi connectivity index (χ2n) is 4.14. The number of hydrogen-bond donors (Lipinski definition) is 0. The van der Waals surface area contributed by atoms with Crippen molar-refractivity contribution in [2.75, 3.05) is 0 Å². The van der Waals surface area contributed by atoms with Crippen molar-refractivity contribution in [2.45, 2.75) is 12.8 Å². The number of carbonyl (C=O) groups is 1. The lowest BCUT2D eigenvalue weighted by atomic mass is 9.95. The van der Waals surface area contributed by atoms with Gasteiger partial charge < -0.3 is 0 Å². The van der Waals surface area contributed by atoms with E-state index in [1.807, 2.05) is 19.1 Å². The molecule has 4 heteroatoms. The van der Waals surface area contributed by atoms with Crippen LogP contribution in [0.1, 0.15) is 27.5 Å². The van der Waals surface area contributed by atoms with Gasteiger partial charge >= 0.3 is 0 Å². The number of hydrogen-bond acceptors (Lipinski definition) is 3. The number of nitrogens with zero attached hydrogens (tertiary/aromatic N) is 2. The van der Waals surface area contributed by atoms with E-state index in [4.69, 9.17) is 0 Å². The van der Waals surface area contributed by atoms with Crippen molar-refractivity contribution in [3.05, 3.63) is 63.9 Å². The molecule has 0 saturated heterocycles. The molecule has 1 aromatic heterocycles. The van der Waals surface area contributed by atoms with Crippen molar-refractivity contribution in [2.24, 2.45) is 0 Å². The summed E-state index contributed by atoms with van der Waals surface area (Å²) in [6, 6.07) is 12.6. The van der Waals surface area contributed by atoms with E-state index in [-0.39, 0.29) is 5.78 Å². The minimum atomic E-state index is -0.865. The van der Waals surface area contributed by atoms with E-state index in [9.17, 15) is 10.1 Å². The molecule has 1 unspecified atom stereocenters. The number of rotatable bonds is 3. The smallest absolute Gasteiger partial charge is 0.186 e. The van der Waals surface area contributed by atoms with Crippen molar-refractivity contribution in [3.8, 4) is 6.07 Å². The van der Waals surface area contributed by atoms with Gasteiger partial charge in [-0.25, -0.2) is 0 Å². The first-order valence-electron chi connectivity index (χ1n) is 5.74. The Bertz CT molecular complexity index is 647. The van der Waals surface area contributed by atoms with E-state index in [1.165, 1.54) is 0 Å². The number of aromatic nitrogens is 1. The Kier molecular flexibility index (Phi) is 4.08. The first-order chi connectivity index (χ1) is 9.13. The summed E-state index contributed by atoms with van der Waals surface area (Å²) in [4.78, 5) is 16.4. The largest absolute Gasteiger partial charge is 0.292 e. The summed E-state index contributed by atoms with van der Waals surface area (Å²) in [7, 11) is 0. The zero-order valence-electron chi connectivity index (χ0n) is 10.3. The maximum Gasteiger partial charge on any atom is 0.186 e. The summed E-state index contributed by atoms with van der Waals surface area (Å²) >= 11 is 3.39. The fourth-order valence-electron chi connectivity index (χ4n) is 1.72. The normalized spacial score (nSPS) is 11.6. The van der Waals surface area contributed by atoms with Crippen LogP contribution in [0.3, 0.4) is 0 Å². The molecule has 0 radical (unpaired) electrons. The molecule has 2 rings (SSSR count). The molecule has 1 aromatic carbocycles. The fraction of sp³-hybridized carbons (Fsp3) is 0.133. The number of Topliss-reactive ketones (excluding diaryl/α,β-unsaturated/α-hetero) is 1. The Labute approximate surface area is 120 Å². The number of pyridine rings is 1. The SMILES string of the molecule is Cc1ccc(C(=O)C(C#N)c2ccccn2)cc1Br. The van der Waals surface area contributed by atoms with Crippen molar-refractivity contribution in [1.29, 1.82) is 5.26 Å². The monoisotopic (exact) mass is 314 g/mol. The molecule has 94 valence electrons. The fourth-order valence-corrected chi connectivity index (χ4v) is 2.10. The molecule has 0 amide bonds. The average molecular weight is 315 g/mol. The van der Waals surface area contributed by atoms with Gasteiger partial charge in [0.05, 0.1) is 11.8 Å².